The average molecular weight is 326 g/mol. The summed E-state index contributed by atoms with van der Waals surface area (Å²) < 4.78 is 9.80. The Hall–Kier alpha value is -2.95. The van der Waals surface area contributed by atoms with E-state index in [1.165, 1.54) is 38.3 Å². The van der Waals surface area contributed by atoms with E-state index >= 15 is 0 Å². The first-order chi connectivity index (χ1) is 11.4. The van der Waals surface area contributed by atoms with Crippen molar-refractivity contribution in [2.24, 2.45) is 0 Å². The Labute approximate surface area is 140 Å². The molecular weight excluding hydrogens is 308 g/mol. The van der Waals surface area contributed by atoms with Crippen molar-refractivity contribution in [2.75, 3.05) is 7.11 Å². The lowest BCUT2D eigenvalue weighted by atomic mass is 10.1. The number of rotatable bonds is 5. The summed E-state index contributed by atoms with van der Waals surface area (Å²) in [5.74, 6) is -1.38. The second-order valence-electron chi connectivity index (χ2n) is 5.35. The normalized spacial score (nSPS) is 11.5. The number of hydrogen-bond donors (Lipinski definition) is 0. The maximum absolute atomic E-state index is 12.3. The predicted octanol–water partition coefficient (Wildman–Crippen LogP) is 3.21. The van der Waals surface area contributed by atoms with Gasteiger partial charge in [0.15, 0.2) is 6.10 Å². The molecule has 0 aromatic heterocycles. The van der Waals surface area contributed by atoms with Crippen molar-refractivity contribution in [3.63, 3.8) is 0 Å². The molecule has 0 radical (unpaired) electrons. The van der Waals surface area contributed by atoms with Gasteiger partial charge in [0.1, 0.15) is 0 Å². The van der Waals surface area contributed by atoms with Crippen LogP contribution in [0.4, 0.5) is 0 Å². The number of Topliss-reactive ketones (excluding diaryl/α,β-unsaturated/α-hetero) is 1. The van der Waals surface area contributed by atoms with Crippen LogP contribution in [0.3, 0.4) is 0 Å². The highest BCUT2D eigenvalue weighted by molar-refractivity contribution is 6.01. The van der Waals surface area contributed by atoms with Crippen LogP contribution in [-0.4, -0.2) is 30.9 Å². The number of carbonyl (C=O) groups is 3. The van der Waals surface area contributed by atoms with Gasteiger partial charge in [0.05, 0.1) is 18.2 Å². The molecule has 5 nitrogen and oxygen atoms in total. The maximum Gasteiger partial charge on any atom is 0.338 e. The Morgan fingerprint density at radius 3 is 1.75 bits per heavy atom. The fourth-order valence-electron chi connectivity index (χ4n) is 2.09. The van der Waals surface area contributed by atoms with Crippen LogP contribution in [-0.2, 0) is 9.47 Å². The van der Waals surface area contributed by atoms with E-state index in [-0.39, 0.29) is 11.3 Å². The molecule has 0 spiro atoms. The zero-order valence-corrected chi connectivity index (χ0v) is 13.7. The van der Waals surface area contributed by atoms with Crippen molar-refractivity contribution in [3.8, 4) is 0 Å². The smallest absolute Gasteiger partial charge is 0.338 e. The Kier molecular flexibility index (Phi) is 5.47. The second-order valence-corrected chi connectivity index (χ2v) is 5.35. The molecule has 0 aliphatic rings. The highest BCUT2D eigenvalue weighted by Gasteiger charge is 2.20. The monoisotopic (exact) mass is 326 g/mol. The molecule has 0 N–H and O–H groups in total. The number of ketones is 1. The van der Waals surface area contributed by atoms with Gasteiger partial charge in [-0.05, 0) is 38.1 Å². The van der Waals surface area contributed by atoms with E-state index < -0.39 is 18.0 Å². The molecule has 2 aromatic carbocycles. The maximum atomic E-state index is 12.3. The summed E-state index contributed by atoms with van der Waals surface area (Å²) in [6.45, 7) is 3.46. The van der Waals surface area contributed by atoms with Gasteiger partial charge in [-0.15, -0.1) is 0 Å². The Balaban J connectivity index is 2.04. The predicted molar refractivity (Wildman–Crippen MR) is 88.2 cm³/mol. The van der Waals surface area contributed by atoms with E-state index in [0.29, 0.717) is 11.1 Å². The van der Waals surface area contributed by atoms with E-state index in [1.807, 2.05) is 19.1 Å². The number of carbonyl (C=O) groups excluding carboxylic acids is 3. The summed E-state index contributed by atoms with van der Waals surface area (Å²) in [7, 11) is 1.28. The quantitative estimate of drug-likeness (QED) is 0.623. The van der Waals surface area contributed by atoms with Gasteiger partial charge >= 0.3 is 11.9 Å². The van der Waals surface area contributed by atoms with Crippen molar-refractivity contribution in [2.45, 2.75) is 20.0 Å². The van der Waals surface area contributed by atoms with Crippen molar-refractivity contribution in [1.82, 2.24) is 0 Å². The lowest BCUT2D eigenvalue weighted by molar-refractivity contribution is 0.0318. The molecule has 1 atom stereocenters. The molecule has 5 heteroatoms. The van der Waals surface area contributed by atoms with E-state index in [9.17, 15) is 14.4 Å². The minimum Gasteiger partial charge on any atom is -0.465 e. The van der Waals surface area contributed by atoms with Gasteiger partial charge in [0.2, 0.25) is 5.78 Å². The van der Waals surface area contributed by atoms with Crippen LogP contribution in [0.15, 0.2) is 48.5 Å². The first-order valence-corrected chi connectivity index (χ1v) is 7.42. The third-order valence-electron chi connectivity index (χ3n) is 3.53. The Bertz CT molecular complexity index is 744. The van der Waals surface area contributed by atoms with Crippen molar-refractivity contribution in [3.05, 3.63) is 70.8 Å². The van der Waals surface area contributed by atoms with Gasteiger partial charge in [0, 0.05) is 5.56 Å². The topological polar surface area (TPSA) is 69.7 Å². The van der Waals surface area contributed by atoms with Crippen molar-refractivity contribution < 1.29 is 23.9 Å². The third kappa shape index (κ3) is 4.07. The fourth-order valence-corrected chi connectivity index (χ4v) is 2.09. The van der Waals surface area contributed by atoms with Crippen LogP contribution >= 0.6 is 0 Å². The molecule has 24 heavy (non-hydrogen) atoms. The molecular formula is C19H18O5. The molecule has 124 valence electrons. The molecule has 0 bridgehead atoms. The highest BCUT2D eigenvalue weighted by Crippen LogP contribution is 2.12. The van der Waals surface area contributed by atoms with Gasteiger partial charge in [-0.25, -0.2) is 9.59 Å². The fraction of sp³-hybridized carbons (Fsp3) is 0.211. The molecule has 0 fully saturated rings. The number of hydrogen-bond acceptors (Lipinski definition) is 5. The molecule has 0 amide bonds. The number of benzene rings is 2. The number of ether oxygens (including phenoxy) is 2. The molecule has 0 aliphatic heterocycles. The van der Waals surface area contributed by atoms with Gasteiger partial charge in [-0.1, -0.05) is 29.8 Å². The van der Waals surface area contributed by atoms with E-state index in [0.717, 1.165) is 5.56 Å². The minimum atomic E-state index is -0.902. The minimum absolute atomic E-state index is 0.256. The van der Waals surface area contributed by atoms with Gasteiger partial charge in [0.25, 0.3) is 0 Å². The number of aryl methyl sites for hydroxylation is 1. The molecule has 0 aliphatic carbocycles. The van der Waals surface area contributed by atoms with Gasteiger partial charge in [-0.3, -0.25) is 4.79 Å². The summed E-state index contributed by atoms with van der Waals surface area (Å²) in [5, 5.41) is 0. The zero-order chi connectivity index (χ0) is 17.7. The zero-order valence-electron chi connectivity index (χ0n) is 13.7. The van der Waals surface area contributed by atoms with Crippen LogP contribution in [0.2, 0.25) is 0 Å². The van der Waals surface area contributed by atoms with Crippen LogP contribution in [0, 0.1) is 6.92 Å². The molecule has 2 aromatic rings. The second kappa shape index (κ2) is 7.55. The largest absolute Gasteiger partial charge is 0.465 e. The summed E-state index contributed by atoms with van der Waals surface area (Å²) in [6, 6.07) is 12.9. The molecule has 0 unspecified atom stereocenters. The first-order valence-electron chi connectivity index (χ1n) is 7.42. The highest BCUT2D eigenvalue weighted by atomic mass is 16.5. The number of methoxy groups -OCH3 is 1. The van der Waals surface area contributed by atoms with Crippen molar-refractivity contribution in [1.29, 1.82) is 0 Å². The lowest BCUT2D eigenvalue weighted by Gasteiger charge is -2.12. The van der Waals surface area contributed by atoms with Crippen LogP contribution in [0.25, 0.3) is 0 Å². The molecule has 0 heterocycles. The Morgan fingerprint density at radius 2 is 1.25 bits per heavy atom. The first kappa shape index (κ1) is 17.4. The van der Waals surface area contributed by atoms with Crippen LogP contribution in [0.5, 0.6) is 0 Å². The van der Waals surface area contributed by atoms with Gasteiger partial charge in [-0.2, -0.15) is 0 Å². The van der Waals surface area contributed by atoms with E-state index in [1.54, 1.807) is 12.1 Å². The summed E-state index contributed by atoms with van der Waals surface area (Å²) in [5.41, 5.74) is 2.12. The lowest BCUT2D eigenvalue weighted by Crippen LogP contribution is -2.24. The summed E-state index contributed by atoms with van der Waals surface area (Å²) >= 11 is 0. The van der Waals surface area contributed by atoms with Crippen LogP contribution in [0.1, 0.15) is 43.6 Å². The molecule has 0 saturated carbocycles. The third-order valence-corrected chi connectivity index (χ3v) is 3.53. The molecule has 0 saturated heterocycles. The Morgan fingerprint density at radius 1 is 0.792 bits per heavy atom. The SMILES string of the molecule is COC(=O)c1ccc(C(=O)O[C@H](C)C(=O)c2ccc(C)cc2)cc1. The molecule has 2 rings (SSSR count). The van der Waals surface area contributed by atoms with E-state index in [2.05, 4.69) is 4.74 Å². The number of esters is 2. The van der Waals surface area contributed by atoms with E-state index in [4.69, 9.17) is 4.74 Å². The summed E-state index contributed by atoms with van der Waals surface area (Å²) in [4.78, 5) is 35.7. The van der Waals surface area contributed by atoms with Crippen LogP contribution < -0.4 is 0 Å². The summed E-state index contributed by atoms with van der Waals surface area (Å²) in [6.07, 6.45) is -0.902. The van der Waals surface area contributed by atoms with Crippen molar-refractivity contribution >= 4 is 17.7 Å². The average Bonchev–Trinajstić information content (AvgIpc) is 2.61. The van der Waals surface area contributed by atoms with Gasteiger partial charge < -0.3 is 9.47 Å². The standard InChI is InChI=1S/C19H18O5/c1-12-4-6-14(7-5-12)17(20)13(2)24-19(22)16-10-8-15(9-11-16)18(21)23-3/h4-11,13H,1-3H3/t13-/m1/s1.